The molecule has 4 nitrogen and oxygen atoms in total. The van der Waals surface area contributed by atoms with Gasteiger partial charge in [0.1, 0.15) is 5.69 Å². The van der Waals surface area contributed by atoms with Crippen molar-refractivity contribution < 1.29 is 4.79 Å². The van der Waals surface area contributed by atoms with Gasteiger partial charge in [-0.3, -0.25) is 9.78 Å². The number of pyridine rings is 1. The van der Waals surface area contributed by atoms with Gasteiger partial charge in [-0.2, -0.15) is 0 Å². The number of anilines is 1. The van der Waals surface area contributed by atoms with E-state index in [0.29, 0.717) is 11.6 Å². The lowest BCUT2D eigenvalue weighted by Gasteiger charge is -2.28. The van der Waals surface area contributed by atoms with E-state index in [0.717, 1.165) is 17.5 Å². The van der Waals surface area contributed by atoms with Gasteiger partial charge < -0.3 is 10.6 Å². The first-order chi connectivity index (χ1) is 9.67. The minimum absolute atomic E-state index is 0.0580. The van der Waals surface area contributed by atoms with Crippen LogP contribution in [0.4, 0.5) is 5.69 Å². The first kappa shape index (κ1) is 13.4. The maximum atomic E-state index is 12.3. The third-order valence-electron chi connectivity index (χ3n) is 5.08. The van der Waals surface area contributed by atoms with Crippen molar-refractivity contribution in [2.45, 2.75) is 38.6 Å². The van der Waals surface area contributed by atoms with Crippen LogP contribution in [-0.2, 0) is 0 Å². The highest BCUT2D eigenvalue weighted by atomic mass is 16.1. The van der Waals surface area contributed by atoms with Crippen LogP contribution in [0.2, 0.25) is 0 Å². The van der Waals surface area contributed by atoms with Gasteiger partial charge in [-0.1, -0.05) is 6.42 Å². The van der Waals surface area contributed by atoms with Crippen molar-refractivity contribution in [2.24, 2.45) is 17.8 Å². The molecular formula is C16H23N3O. The second-order valence-corrected chi connectivity index (χ2v) is 6.28. The Hall–Kier alpha value is -1.58. The number of carbonyl (C=O) groups is 1. The number of fused-ring (bicyclic) bond motifs is 2. The van der Waals surface area contributed by atoms with Gasteiger partial charge in [0.2, 0.25) is 0 Å². The van der Waals surface area contributed by atoms with Crippen molar-refractivity contribution in [2.75, 3.05) is 12.4 Å². The Bertz CT molecular complexity index is 502. The standard InChI is InChI=1S/C16H23N3O/c1-10(14-8-11-3-4-12(14)7-11)19-16(20)15-9-13(17-2)5-6-18-15/h5-6,9-12,14H,3-4,7-8H2,1-2H3,(H,17,18)(H,19,20). The number of rotatable bonds is 4. The second-order valence-electron chi connectivity index (χ2n) is 6.28. The molecule has 1 heterocycles. The number of aromatic nitrogens is 1. The summed E-state index contributed by atoms with van der Waals surface area (Å²) in [6.07, 6.45) is 7.08. The summed E-state index contributed by atoms with van der Waals surface area (Å²) in [7, 11) is 1.84. The fourth-order valence-corrected chi connectivity index (χ4v) is 4.00. The molecule has 20 heavy (non-hydrogen) atoms. The van der Waals surface area contributed by atoms with Crippen LogP contribution in [0.15, 0.2) is 18.3 Å². The minimum Gasteiger partial charge on any atom is -0.388 e. The molecule has 108 valence electrons. The molecule has 2 aliphatic carbocycles. The maximum Gasteiger partial charge on any atom is 0.270 e. The van der Waals surface area contributed by atoms with E-state index >= 15 is 0 Å². The van der Waals surface area contributed by atoms with E-state index in [2.05, 4.69) is 22.5 Å². The van der Waals surface area contributed by atoms with Gasteiger partial charge in [-0.05, 0) is 56.1 Å². The van der Waals surface area contributed by atoms with Crippen molar-refractivity contribution in [1.29, 1.82) is 0 Å². The molecule has 1 amide bonds. The van der Waals surface area contributed by atoms with Crippen molar-refractivity contribution in [3.05, 3.63) is 24.0 Å². The second kappa shape index (κ2) is 5.43. The SMILES string of the molecule is CNc1ccnc(C(=O)NC(C)C2CC3CCC2C3)c1. The highest BCUT2D eigenvalue weighted by Crippen LogP contribution is 2.49. The molecule has 4 atom stereocenters. The van der Waals surface area contributed by atoms with Gasteiger partial charge in [0, 0.05) is 25.0 Å². The summed E-state index contributed by atoms with van der Waals surface area (Å²) in [4.78, 5) is 16.4. The molecule has 2 fully saturated rings. The molecule has 4 unspecified atom stereocenters. The molecule has 2 bridgehead atoms. The largest absolute Gasteiger partial charge is 0.388 e. The number of carbonyl (C=O) groups excluding carboxylic acids is 1. The lowest BCUT2D eigenvalue weighted by molar-refractivity contribution is 0.0910. The molecule has 2 saturated carbocycles. The van der Waals surface area contributed by atoms with Gasteiger partial charge in [0.25, 0.3) is 5.91 Å². The summed E-state index contributed by atoms with van der Waals surface area (Å²) in [5.41, 5.74) is 1.41. The zero-order chi connectivity index (χ0) is 14.1. The van der Waals surface area contributed by atoms with Crippen LogP contribution in [0.3, 0.4) is 0 Å². The van der Waals surface area contributed by atoms with E-state index in [1.807, 2.05) is 13.1 Å². The molecule has 1 aromatic rings. The smallest absolute Gasteiger partial charge is 0.270 e. The Kier molecular flexibility index (Phi) is 3.64. The Balaban J connectivity index is 1.63. The molecule has 0 aromatic carbocycles. The lowest BCUT2D eigenvalue weighted by atomic mass is 9.84. The average molecular weight is 273 g/mol. The molecular weight excluding hydrogens is 250 g/mol. The number of amides is 1. The number of nitrogens with zero attached hydrogens (tertiary/aromatic N) is 1. The van der Waals surface area contributed by atoms with E-state index < -0.39 is 0 Å². The van der Waals surface area contributed by atoms with Crippen molar-refractivity contribution >= 4 is 11.6 Å². The Morgan fingerprint density at radius 2 is 2.25 bits per heavy atom. The van der Waals surface area contributed by atoms with Crippen LogP contribution in [0.5, 0.6) is 0 Å². The van der Waals surface area contributed by atoms with Crippen LogP contribution >= 0.6 is 0 Å². The minimum atomic E-state index is -0.0580. The van der Waals surface area contributed by atoms with Crippen LogP contribution < -0.4 is 10.6 Å². The van der Waals surface area contributed by atoms with Crippen LogP contribution in [0.25, 0.3) is 0 Å². The van der Waals surface area contributed by atoms with Gasteiger partial charge in [-0.25, -0.2) is 0 Å². The first-order valence-corrected chi connectivity index (χ1v) is 7.62. The zero-order valence-corrected chi connectivity index (χ0v) is 12.2. The molecule has 0 radical (unpaired) electrons. The Morgan fingerprint density at radius 3 is 2.90 bits per heavy atom. The van der Waals surface area contributed by atoms with Gasteiger partial charge in [-0.15, -0.1) is 0 Å². The number of hydrogen-bond acceptors (Lipinski definition) is 3. The normalized spacial score (nSPS) is 29.2. The summed E-state index contributed by atoms with van der Waals surface area (Å²) in [6, 6.07) is 3.90. The Morgan fingerprint density at radius 1 is 1.40 bits per heavy atom. The maximum absolute atomic E-state index is 12.3. The monoisotopic (exact) mass is 273 g/mol. The van der Waals surface area contributed by atoms with Crippen LogP contribution in [0, 0.1) is 17.8 Å². The molecule has 0 aliphatic heterocycles. The van der Waals surface area contributed by atoms with Crippen molar-refractivity contribution in [1.82, 2.24) is 10.3 Å². The summed E-state index contributed by atoms with van der Waals surface area (Å²) in [6.45, 7) is 2.14. The fourth-order valence-electron chi connectivity index (χ4n) is 4.00. The van der Waals surface area contributed by atoms with Gasteiger partial charge in [0.05, 0.1) is 0 Å². The highest BCUT2D eigenvalue weighted by molar-refractivity contribution is 5.93. The van der Waals surface area contributed by atoms with Crippen molar-refractivity contribution in [3.63, 3.8) is 0 Å². The number of hydrogen-bond donors (Lipinski definition) is 2. The third kappa shape index (κ3) is 2.51. The summed E-state index contributed by atoms with van der Waals surface area (Å²) >= 11 is 0. The predicted molar refractivity (Wildman–Crippen MR) is 79.6 cm³/mol. The van der Waals surface area contributed by atoms with E-state index in [1.54, 1.807) is 12.3 Å². The van der Waals surface area contributed by atoms with Gasteiger partial charge in [0.15, 0.2) is 0 Å². The number of nitrogens with one attached hydrogen (secondary N) is 2. The third-order valence-corrected chi connectivity index (χ3v) is 5.08. The van der Waals surface area contributed by atoms with E-state index in [4.69, 9.17) is 0 Å². The molecule has 0 saturated heterocycles. The van der Waals surface area contributed by atoms with E-state index in [-0.39, 0.29) is 11.9 Å². The predicted octanol–water partition coefficient (Wildman–Crippen LogP) is 2.68. The molecule has 3 rings (SSSR count). The van der Waals surface area contributed by atoms with E-state index in [9.17, 15) is 4.79 Å². The van der Waals surface area contributed by atoms with Crippen LogP contribution in [-0.4, -0.2) is 24.0 Å². The Labute approximate surface area is 120 Å². The zero-order valence-electron chi connectivity index (χ0n) is 12.2. The molecule has 1 aromatic heterocycles. The summed E-state index contributed by atoms with van der Waals surface area (Å²) < 4.78 is 0. The van der Waals surface area contributed by atoms with E-state index in [1.165, 1.54) is 25.7 Å². The van der Waals surface area contributed by atoms with Crippen LogP contribution in [0.1, 0.15) is 43.1 Å². The molecule has 0 spiro atoms. The summed E-state index contributed by atoms with van der Waals surface area (Å²) in [5, 5.41) is 6.18. The molecule has 2 aliphatic rings. The fraction of sp³-hybridized carbons (Fsp3) is 0.625. The highest BCUT2D eigenvalue weighted by Gasteiger charge is 2.42. The van der Waals surface area contributed by atoms with Gasteiger partial charge >= 0.3 is 0 Å². The first-order valence-electron chi connectivity index (χ1n) is 7.62. The average Bonchev–Trinajstić information content (AvgIpc) is 3.10. The topological polar surface area (TPSA) is 54.0 Å². The molecule has 4 heteroatoms. The van der Waals surface area contributed by atoms with Crippen molar-refractivity contribution in [3.8, 4) is 0 Å². The lowest BCUT2D eigenvalue weighted by Crippen LogP contribution is -2.40. The quantitative estimate of drug-likeness (QED) is 0.887. The summed E-state index contributed by atoms with van der Waals surface area (Å²) in [5.74, 6) is 2.34. The molecule has 2 N–H and O–H groups in total.